The molecule has 264 valence electrons. The molecule has 45 heavy (non-hydrogen) atoms. The first-order valence-corrected chi connectivity index (χ1v) is 16.8. The minimum absolute atomic E-state index is 0.205. The summed E-state index contributed by atoms with van der Waals surface area (Å²) in [7, 11) is 0. The molecule has 0 radical (unpaired) electrons. The first-order chi connectivity index (χ1) is 21.4. The lowest BCUT2D eigenvalue weighted by atomic mass is 9.97. The number of hydrogen-bond acceptors (Lipinski definition) is 12. The molecule has 0 spiro atoms. The van der Waals surface area contributed by atoms with Crippen LogP contribution in [0.5, 0.6) is 0 Å². The lowest BCUT2D eigenvalue weighted by Crippen LogP contribution is -2.63. The van der Waals surface area contributed by atoms with Crippen LogP contribution >= 0.6 is 0 Å². The van der Waals surface area contributed by atoms with E-state index in [2.05, 4.69) is 13.8 Å². The Labute approximate surface area is 267 Å². The molecule has 13 nitrogen and oxygen atoms in total. The number of ether oxygens (including phenoxy) is 5. The van der Waals surface area contributed by atoms with E-state index in [0.717, 1.165) is 64.2 Å². The molecule has 0 aliphatic carbocycles. The van der Waals surface area contributed by atoms with Crippen LogP contribution in [0.25, 0.3) is 0 Å². The van der Waals surface area contributed by atoms with Crippen molar-refractivity contribution in [2.45, 2.75) is 191 Å². The number of aliphatic hydroxyl groups excluding tert-OH is 5. The molecular weight excluding hydrogens is 592 g/mol. The molecule has 0 saturated carbocycles. The van der Waals surface area contributed by atoms with Crippen LogP contribution in [0.2, 0.25) is 0 Å². The molecule has 0 aromatic carbocycles. The average molecular weight is 651 g/mol. The van der Waals surface area contributed by atoms with E-state index >= 15 is 0 Å². The van der Waals surface area contributed by atoms with Crippen molar-refractivity contribution in [3.63, 3.8) is 0 Å². The van der Waals surface area contributed by atoms with Gasteiger partial charge in [-0.05, 0) is 33.1 Å². The molecule has 0 aromatic rings. The van der Waals surface area contributed by atoms with Crippen LogP contribution in [0.1, 0.15) is 118 Å². The van der Waals surface area contributed by atoms with E-state index in [9.17, 15) is 40.2 Å². The third-order valence-corrected chi connectivity index (χ3v) is 8.56. The monoisotopic (exact) mass is 650 g/mol. The van der Waals surface area contributed by atoms with Crippen molar-refractivity contribution >= 4 is 11.9 Å². The van der Waals surface area contributed by atoms with E-state index in [1.807, 2.05) is 0 Å². The zero-order valence-corrected chi connectivity index (χ0v) is 27.4. The second-order valence-electron chi connectivity index (χ2n) is 12.6. The van der Waals surface area contributed by atoms with Crippen molar-refractivity contribution in [1.29, 1.82) is 0 Å². The molecule has 0 amide bonds. The van der Waals surface area contributed by atoms with Gasteiger partial charge in [0.1, 0.15) is 42.7 Å². The number of aliphatic hydroxyl groups is 5. The van der Waals surface area contributed by atoms with E-state index in [1.165, 1.54) is 6.92 Å². The number of carboxylic acid groups (broad SMARTS) is 1. The summed E-state index contributed by atoms with van der Waals surface area (Å²) >= 11 is 0. The van der Waals surface area contributed by atoms with Gasteiger partial charge in [0.25, 0.3) is 0 Å². The van der Waals surface area contributed by atoms with Gasteiger partial charge in [-0.25, -0.2) is 0 Å². The fourth-order valence-electron chi connectivity index (χ4n) is 5.71. The summed E-state index contributed by atoms with van der Waals surface area (Å²) < 4.78 is 29.1. The van der Waals surface area contributed by atoms with Gasteiger partial charge in [-0.3, -0.25) is 9.59 Å². The van der Waals surface area contributed by atoms with Crippen LogP contribution in [0, 0.1) is 0 Å². The summed E-state index contributed by atoms with van der Waals surface area (Å²) in [5, 5.41) is 61.7. The molecule has 2 heterocycles. The zero-order chi connectivity index (χ0) is 33.5. The fraction of sp³-hybridized carbons (Fsp3) is 0.938. The highest BCUT2D eigenvalue weighted by Gasteiger charge is 2.50. The van der Waals surface area contributed by atoms with E-state index in [1.54, 1.807) is 6.92 Å². The summed E-state index contributed by atoms with van der Waals surface area (Å²) in [4.78, 5) is 24.6. The number of esters is 1. The van der Waals surface area contributed by atoms with Crippen molar-refractivity contribution in [2.24, 2.45) is 0 Å². The predicted octanol–water partition coefficient (Wildman–Crippen LogP) is 2.55. The Morgan fingerprint density at radius 1 is 0.644 bits per heavy atom. The van der Waals surface area contributed by atoms with Crippen LogP contribution in [0.3, 0.4) is 0 Å². The smallest absolute Gasteiger partial charge is 0.308 e. The van der Waals surface area contributed by atoms with Gasteiger partial charge >= 0.3 is 11.9 Å². The molecule has 6 N–H and O–H groups in total. The average Bonchev–Trinajstić information content (AvgIpc) is 2.98. The number of carbonyl (C=O) groups is 2. The van der Waals surface area contributed by atoms with Crippen LogP contribution < -0.4 is 0 Å². The topological polar surface area (TPSA) is 202 Å². The number of carbonyl (C=O) groups excluding carboxylic acids is 1. The summed E-state index contributed by atoms with van der Waals surface area (Å²) in [6, 6.07) is 0. The third kappa shape index (κ3) is 13.3. The zero-order valence-electron chi connectivity index (χ0n) is 27.4. The van der Waals surface area contributed by atoms with Gasteiger partial charge in [-0.2, -0.15) is 0 Å². The van der Waals surface area contributed by atoms with Gasteiger partial charge in [0.05, 0.1) is 31.2 Å². The van der Waals surface area contributed by atoms with Crippen molar-refractivity contribution < 1.29 is 63.9 Å². The van der Waals surface area contributed by atoms with Crippen molar-refractivity contribution in [1.82, 2.24) is 0 Å². The van der Waals surface area contributed by atoms with E-state index in [4.69, 9.17) is 23.7 Å². The Balaban J connectivity index is 2.16. The van der Waals surface area contributed by atoms with E-state index in [0.29, 0.717) is 12.8 Å². The molecule has 13 heteroatoms. The molecule has 2 fully saturated rings. The number of rotatable bonds is 21. The second-order valence-corrected chi connectivity index (χ2v) is 12.6. The first kappa shape index (κ1) is 39.8. The SMILES string of the molecule is CCCCCCC[C@H](CC(=O)O)OC(=O)C[C@@H](CCCCCCC)O[C@@H]1O[C@@H](C)[C@H](O)[C@@H](O)[C@H]1O[C@@H]1O[C@@H](C)[C@H](O)[C@@H](O)[C@H]1O. The molecule has 0 bridgehead atoms. The standard InChI is InChI=1S/C32H58O13/c1-5-7-9-11-13-15-21(17-23(33)34)43-24(35)18-22(16-14-12-10-8-6-2)44-32-30(28(39)26(37)20(4)42-32)45-31-29(40)27(38)25(36)19(3)41-31/h19-22,25-32,36-40H,5-18H2,1-4H3,(H,33,34)/t19-,20-,21+,22+,25-,26-,27+,28+,29+,30+,31-,32-/m0/s1. The lowest BCUT2D eigenvalue weighted by molar-refractivity contribution is -0.366. The minimum Gasteiger partial charge on any atom is -0.481 e. The van der Waals surface area contributed by atoms with Gasteiger partial charge in [0.15, 0.2) is 12.6 Å². The number of hydrogen-bond donors (Lipinski definition) is 6. The Morgan fingerprint density at radius 3 is 1.71 bits per heavy atom. The Hall–Kier alpha value is -1.42. The van der Waals surface area contributed by atoms with Crippen LogP contribution in [0.4, 0.5) is 0 Å². The predicted molar refractivity (Wildman–Crippen MR) is 162 cm³/mol. The second kappa shape index (κ2) is 20.7. The van der Waals surface area contributed by atoms with Crippen LogP contribution in [-0.4, -0.2) is 116 Å². The quantitative estimate of drug-likeness (QED) is 0.0782. The lowest BCUT2D eigenvalue weighted by Gasteiger charge is -2.46. The molecule has 2 aliphatic heterocycles. The van der Waals surface area contributed by atoms with Gasteiger partial charge in [-0.15, -0.1) is 0 Å². The Kier molecular flexibility index (Phi) is 18.3. The van der Waals surface area contributed by atoms with Gasteiger partial charge < -0.3 is 54.3 Å². The number of aliphatic carboxylic acids is 1. The molecule has 0 unspecified atom stereocenters. The summed E-state index contributed by atoms with van der Waals surface area (Å²) in [6.07, 6.45) is -5.07. The summed E-state index contributed by atoms with van der Waals surface area (Å²) in [5.41, 5.74) is 0. The van der Waals surface area contributed by atoms with E-state index in [-0.39, 0.29) is 12.8 Å². The van der Waals surface area contributed by atoms with E-state index < -0.39 is 85.6 Å². The highest BCUT2D eigenvalue weighted by Crippen LogP contribution is 2.31. The van der Waals surface area contributed by atoms with Gasteiger partial charge in [-0.1, -0.05) is 71.6 Å². The first-order valence-electron chi connectivity index (χ1n) is 16.8. The third-order valence-electron chi connectivity index (χ3n) is 8.56. The van der Waals surface area contributed by atoms with Crippen molar-refractivity contribution in [2.75, 3.05) is 0 Å². The maximum Gasteiger partial charge on any atom is 0.308 e. The summed E-state index contributed by atoms with van der Waals surface area (Å²) in [6.45, 7) is 7.24. The minimum atomic E-state index is -1.67. The molecular formula is C32H58O13. The van der Waals surface area contributed by atoms with Crippen LogP contribution in [0.15, 0.2) is 0 Å². The molecule has 2 rings (SSSR count). The highest BCUT2D eigenvalue weighted by molar-refractivity contribution is 5.72. The highest BCUT2D eigenvalue weighted by atomic mass is 16.8. The number of carboxylic acids is 1. The maximum absolute atomic E-state index is 13.1. The molecule has 2 aliphatic rings. The fourth-order valence-corrected chi connectivity index (χ4v) is 5.71. The summed E-state index contributed by atoms with van der Waals surface area (Å²) in [5.74, 6) is -1.67. The Bertz CT molecular complexity index is 844. The van der Waals surface area contributed by atoms with Crippen molar-refractivity contribution in [3.05, 3.63) is 0 Å². The number of unbranched alkanes of at least 4 members (excludes halogenated alkanes) is 8. The molecule has 12 atom stereocenters. The van der Waals surface area contributed by atoms with Crippen molar-refractivity contribution in [3.8, 4) is 0 Å². The Morgan fingerprint density at radius 2 is 1.16 bits per heavy atom. The van der Waals surface area contributed by atoms with Gasteiger partial charge in [0.2, 0.25) is 0 Å². The molecule has 0 aromatic heterocycles. The largest absolute Gasteiger partial charge is 0.481 e. The van der Waals surface area contributed by atoms with Gasteiger partial charge in [0, 0.05) is 0 Å². The maximum atomic E-state index is 13.1. The normalized spacial score (nSPS) is 33.4. The molecule has 2 saturated heterocycles. The van der Waals surface area contributed by atoms with Crippen LogP contribution in [-0.2, 0) is 33.3 Å².